The van der Waals surface area contributed by atoms with Crippen molar-refractivity contribution in [3.05, 3.63) is 29.8 Å². The predicted molar refractivity (Wildman–Crippen MR) is 97.7 cm³/mol. The van der Waals surface area contributed by atoms with Gasteiger partial charge in [0.1, 0.15) is 0 Å². The van der Waals surface area contributed by atoms with E-state index in [0.29, 0.717) is 23.6 Å². The molecule has 1 aromatic rings. The molecule has 2 aliphatic rings. The molecule has 0 aromatic heterocycles. The molecule has 0 spiro atoms. The van der Waals surface area contributed by atoms with E-state index in [1.54, 1.807) is 6.07 Å². The van der Waals surface area contributed by atoms with Crippen LogP contribution < -0.4 is 10.6 Å². The van der Waals surface area contributed by atoms with Crippen LogP contribution in [0.15, 0.2) is 24.3 Å². The molecule has 1 atom stereocenters. The van der Waals surface area contributed by atoms with Crippen LogP contribution in [0, 0.1) is 5.92 Å². The molecule has 1 unspecified atom stereocenters. The molecule has 2 saturated heterocycles. The number of likely N-dealkylation sites (tertiary alicyclic amines) is 1. The van der Waals surface area contributed by atoms with Crippen LogP contribution in [0.4, 0.5) is 5.69 Å². The third kappa shape index (κ3) is 4.71. The van der Waals surface area contributed by atoms with Crippen LogP contribution in [0.3, 0.4) is 0 Å². The minimum absolute atomic E-state index is 0. The Morgan fingerprint density at radius 3 is 2.67 bits per heavy atom. The SMILES string of the molecule is Cl.O=C(CCC1CCNC1)Nc1ccccc1C(=O)N1CCCC1. The van der Waals surface area contributed by atoms with E-state index in [0.717, 1.165) is 51.9 Å². The van der Waals surface area contributed by atoms with Crippen LogP contribution in [0.5, 0.6) is 0 Å². The molecule has 1 aromatic carbocycles. The second-order valence-corrected chi connectivity index (χ2v) is 6.49. The molecule has 6 heteroatoms. The summed E-state index contributed by atoms with van der Waals surface area (Å²) in [5.41, 5.74) is 1.24. The van der Waals surface area contributed by atoms with E-state index in [1.165, 1.54) is 0 Å². The number of para-hydroxylation sites is 1. The number of nitrogens with one attached hydrogen (secondary N) is 2. The first kappa shape index (κ1) is 18.7. The summed E-state index contributed by atoms with van der Waals surface area (Å²) in [4.78, 5) is 26.7. The minimum Gasteiger partial charge on any atom is -0.339 e. The van der Waals surface area contributed by atoms with Crippen LogP contribution in [-0.4, -0.2) is 42.9 Å². The van der Waals surface area contributed by atoms with E-state index in [9.17, 15) is 9.59 Å². The third-order valence-electron chi connectivity index (χ3n) is 4.77. The van der Waals surface area contributed by atoms with E-state index >= 15 is 0 Å². The quantitative estimate of drug-likeness (QED) is 0.857. The van der Waals surface area contributed by atoms with Crippen LogP contribution >= 0.6 is 12.4 Å². The van der Waals surface area contributed by atoms with Gasteiger partial charge in [-0.15, -0.1) is 12.4 Å². The molecule has 132 valence electrons. The molecule has 0 aliphatic carbocycles. The van der Waals surface area contributed by atoms with Gasteiger partial charge in [-0.3, -0.25) is 9.59 Å². The maximum Gasteiger partial charge on any atom is 0.255 e. The van der Waals surface area contributed by atoms with Crippen LogP contribution in [-0.2, 0) is 4.79 Å². The van der Waals surface area contributed by atoms with Crippen LogP contribution in [0.25, 0.3) is 0 Å². The molecular formula is C18H26ClN3O2. The number of anilines is 1. The maximum atomic E-state index is 12.6. The summed E-state index contributed by atoms with van der Waals surface area (Å²) in [5.74, 6) is 0.624. The van der Waals surface area contributed by atoms with Crippen LogP contribution in [0.1, 0.15) is 42.5 Å². The van der Waals surface area contributed by atoms with Gasteiger partial charge < -0.3 is 15.5 Å². The Hall–Kier alpha value is -1.59. The van der Waals surface area contributed by atoms with Gasteiger partial charge in [-0.2, -0.15) is 0 Å². The molecular weight excluding hydrogens is 326 g/mol. The minimum atomic E-state index is -0.00132. The number of rotatable bonds is 5. The summed E-state index contributed by atoms with van der Waals surface area (Å²) < 4.78 is 0. The van der Waals surface area contributed by atoms with Gasteiger partial charge in [0, 0.05) is 19.5 Å². The number of nitrogens with zero attached hydrogens (tertiary/aromatic N) is 1. The van der Waals surface area contributed by atoms with Gasteiger partial charge in [0.25, 0.3) is 5.91 Å². The van der Waals surface area contributed by atoms with Gasteiger partial charge >= 0.3 is 0 Å². The molecule has 0 bridgehead atoms. The second kappa shape index (κ2) is 9.04. The van der Waals surface area contributed by atoms with Crippen molar-refractivity contribution in [1.29, 1.82) is 0 Å². The number of hydrogen-bond donors (Lipinski definition) is 2. The van der Waals surface area contributed by atoms with E-state index in [1.807, 2.05) is 23.1 Å². The molecule has 2 heterocycles. The van der Waals surface area contributed by atoms with Gasteiger partial charge in [-0.05, 0) is 56.8 Å². The highest BCUT2D eigenvalue weighted by atomic mass is 35.5. The Morgan fingerprint density at radius 2 is 1.96 bits per heavy atom. The first-order valence-electron chi connectivity index (χ1n) is 8.63. The van der Waals surface area contributed by atoms with Crippen molar-refractivity contribution in [2.75, 3.05) is 31.5 Å². The lowest BCUT2D eigenvalue weighted by Crippen LogP contribution is -2.28. The number of halogens is 1. The summed E-state index contributed by atoms with van der Waals surface area (Å²) in [6.45, 7) is 3.70. The van der Waals surface area contributed by atoms with Crippen molar-refractivity contribution in [1.82, 2.24) is 10.2 Å². The third-order valence-corrected chi connectivity index (χ3v) is 4.77. The van der Waals surface area contributed by atoms with Gasteiger partial charge in [0.2, 0.25) is 5.91 Å². The normalized spacial score (nSPS) is 19.8. The van der Waals surface area contributed by atoms with Crippen molar-refractivity contribution in [3.63, 3.8) is 0 Å². The fraction of sp³-hybridized carbons (Fsp3) is 0.556. The number of carbonyl (C=O) groups is 2. The van der Waals surface area contributed by atoms with Gasteiger partial charge in [-0.25, -0.2) is 0 Å². The number of amides is 2. The highest BCUT2D eigenvalue weighted by Gasteiger charge is 2.22. The van der Waals surface area contributed by atoms with Crippen LogP contribution in [0.2, 0.25) is 0 Å². The average Bonchev–Trinajstić information content (AvgIpc) is 3.26. The predicted octanol–water partition coefficient (Wildman–Crippen LogP) is 2.67. The summed E-state index contributed by atoms with van der Waals surface area (Å²) in [6, 6.07) is 7.33. The zero-order valence-electron chi connectivity index (χ0n) is 13.9. The van der Waals surface area contributed by atoms with Crippen molar-refractivity contribution in [2.45, 2.75) is 32.1 Å². The Morgan fingerprint density at radius 1 is 1.21 bits per heavy atom. The monoisotopic (exact) mass is 351 g/mol. The number of hydrogen-bond acceptors (Lipinski definition) is 3. The summed E-state index contributed by atoms with van der Waals surface area (Å²) >= 11 is 0. The van der Waals surface area contributed by atoms with E-state index < -0.39 is 0 Å². The topological polar surface area (TPSA) is 61.4 Å². The van der Waals surface area contributed by atoms with E-state index in [-0.39, 0.29) is 24.2 Å². The zero-order valence-corrected chi connectivity index (χ0v) is 14.7. The highest BCUT2D eigenvalue weighted by Crippen LogP contribution is 2.21. The largest absolute Gasteiger partial charge is 0.339 e. The number of carbonyl (C=O) groups excluding carboxylic acids is 2. The zero-order chi connectivity index (χ0) is 16.1. The first-order chi connectivity index (χ1) is 11.2. The molecule has 0 saturated carbocycles. The highest BCUT2D eigenvalue weighted by molar-refractivity contribution is 6.03. The van der Waals surface area contributed by atoms with Crippen molar-refractivity contribution >= 4 is 29.9 Å². The van der Waals surface area contributed by atoms with Crippen molar-refractivity contribution in [3.8, 4) is 0 Å². The van der Waals surface area contributed by atoms with E-state index in [2.05, 4.69) is 10.6 Å². The molecule has 2 N–H and O–H groups in total. The van der Waals surface area contributed by atoms with Gasteiger partial charge in [0.15, 0.2) is 0 Å². The Labute approximate surface area is 149 Å². The molecule has 2 aliphatic heterocycles. The van der Waals surface area contributed by atoms with Crippen molar-refractivity contribution in [2.24, 2.45) is 5.92 Å². The van der Waals surface area contributed by atoms with Crippen molar-refractivity contribution < 1.29 is 9.59 Å². The lowest BCUT2D eigenvalue weighted by atomic mass is 10.0. The second-order valence-electron chi connectivity index (χ2n) is 6.49. The fourth-order valence-corrected chi connectivity index (χ4v) is 3.38. The fourth-order valence-electron chi connectivity index (χ4n) is 3.38. The van der Waals surface area contributed by atoms with Gasteiger partial charge in [0.05, 0.1) is 11.3 Å². The summed E-state index contributed by atoms with van der Waals surface area (Å²) in [7, 11) is 0. The standard InChI is InChI=1S/C18H25N3O2.ClH/c22-17(8-7-14-9-10-19-13-14)20-16-6-2-1-5-15(16)18(23)21-11-3-4-12-21;/h1-2,5-6,14,19H,3-4,7-13H2,(H,20,22);1H. The summed E-state index contributed by atoms with van der Waals surface area (Å²) in [5, 5.41) is 6.25. The molecule has 3 rings (SSSR count). The first-order valence-corrected chi connectivity index (χ1v) is 8.63. The summed E-state index contributed by atoms with van der Waals surface area (Å²) in [6.07, 6.45) is 4.70. The smallest absolute Gasteiger partial charge is 0.255 e. The molecule has 2 fully saturated rings. The Bertz CT molecular complexity index is 567. The van der Waals surface area contributed by atoms with E-state index in [4.69, 9.17) is 0 Å². The maximum absolute atomic E-state index is 12.6. The molecule has 2 amide bonds. The molecule has 0 radical (unpaired) electrons. The lowest BCUT2D eigenvalue weighted by Gasteiger charge is -2.18. The Kier molecular flexibility index (Phi) is 7.06. The number of benzene rings is 1. The molecule has 24 heavy (non-hydrogen) atoms. The Balaban J connectivity index is 0.00000208. The lowest BCUT2D eigenvalue weighted by molar-refractivity contribution is -0.116. The van der Waals surface area contributed by atoms with Gasteiger partial charge in [-0.1, -0.05) is 12.1 Å². The molecule has 5 nitrogen and oxygen atoms in total. The average molecular weight is 352 g/mol.